The fourth-order valence-electron chi connectivity index (χ4n) is 2.85. The van der Waals surface area contributed by atoms with E-state index >= 15 is 0 Å². The summed E-state index contributed by atoms with van der Waals surface area (Å²) in [7, 11) is 1.66. The summed E-state index contributed by atoms with van der Waals surface area (Å²) in [6, 6.07) is 18.1. The summed E-state index contributed by atoms with van der Waals surface area (Å²) >= 11 is 0. The van der Waals surface area contributed by atoms with Crippen molar-refractivity contribution in [3.05, 3.63) is 65.7 Å². The Morgan fingerprint density at radius 1 is 1.14 bits per heavy atom. The van der Waals surface area contributed by atoms with Gasteiger partial charge in [0.1, 0.15) is 5.75 Å². The van der Waals surface area contributed by atoms with Crippen LogP contribution in [0.1, 0.15) is 24.0 Å². The van der Waals surface area contributed by atoms with Gasteiger partial charge in [0.15, 0.2) is 0 Å². The highest BCUT2D eigenvalue weighted by Crippen LogP contribution is 2.48. The predicted molar refractivity (Wildman–Crippen MR) is 87.1 cm³/mol. The van der Waals surface area contributed by atoms with Gasteiger partial charge < -0.3 is 10.1 Å². The van der Waals surface area contributed by atoms with E-state index in [4.69, 9.17) is 4.74 Å². The highest BCUT2D eigenvalue weighted by molar-refractivity contribution is 5.91. The van der Waals surface area contributed by atoms with E-state index in [1.54, 1.807) is 7.11 Å². The van der Waals surface area contributed by atoms with Gasteiger partial charge >= 0.3 is 0 Å². The molecule has 3 rings (SSSR count). The van der Waals surface area contributed by atoms with Gasteiger partial charge in [0.25, 0.3) is 0 Å². The SMILES string of the molecule is COc1cccc(CCNC(=O)C2(c3ccccc3)CC2)c1. The van der Waals surface area contributed by atoms with Gasteiger partial charge in [-0.15, -0.1) is 0 Å². The van der Waals surface area contributed by atoms with Crippen molar-refractivity contribution in [1.29, 1.82) is 0 Å². The summed E-state index contributed by atoms with van der Waals surface area (Å²) in [5.41, 5.74) is 2.02. The molecular formula is C19H21NO2. The van der Waals surface area contributed by atoms with E-state index in [1.807, 2.05) is 36.4 Å². The first-order valence-corrected chi connectivity index (χ1v) is 7.71. The van der Waals surface area contributed by atoms with Crippen LogP contribution >= 0.6 is 0 Å². The van der Waals surface area contributed by atoms with Crippen LogP contribution in [-0.2, 0) is 16.6 Å². The quantitative estimate of drug-likeness (QED) is 0.889. The van der Waals surface area contributed by atoms with Crippen molar-refractivity contribution < 1.29 is 9.53 Å². The number of hydrogen-bond acceptors (Lipinski definition) is 2. The fourth-order valence-corrected chi connectivity index (χ4v) is 2.85. The maximum Gasteiger partial charge on any atom is 0.230 e. The summed E-state index contributed by atoms with van der Waals surface area (Å²) in [5, 5.41) is 3.09. The van der Waals surface area contributed by atoms with E-state index in [9.17, 15) is 4.79 Å². The van der Waals surface area contributed by atoms with E-state index in [1.165, 1.54) is 5.56 Å². The Balaban J connectivity index is 1.57. The molecule has 1 aliphatic rings. The number of carbonyl (C=O) groups excluding carboxylic acids is 1. The monoisotopic (exact) mass is 295 g/mol. The van der Waals surface area contributed by atoms with Crippen molar-refractivity contribution in [2.45, 2.75) is 24.7 Å². The summed E-state index contributed by atoms with van der Waals surface area (Å²) in [5.74, 6) is 1.01. The molecule has 0 aliphatic heterocycles. The molecule has 1 aliphatic carbocycles. The first kappa shape index (κ1) is 14.6. The van der Waals surface area contributed by atoms with Gasteiger partial charge in [-0.2, -0.15) is 0 Å². The van der Waals surface area contributed by atoms with Crippen molar-refractivity contribution >= 4 is 5.91 Å². The molecule has 1 amide bonds. The van der Waals surface area contributed by atoms with Gasteiger partial charge in [0.2, 0.25) is 5.91 Å². The molecule has 0 aromatic heterocycles. The average Bonchev–Trinajstić information content (AvgIpc) is 3.38. The summed E-state index contributed by atoms with van der Waals surface area (Å²) in [6.07, 6.45) is 2.71. The topological polar surface area (TPSA) is 38.3 Å². The van der Waals surface area contributed by atoms with Crippen LogP contribution in [0.2, 0.25) is 0 Å². The molecule has 2 aromatic carbocycles. The number of methoxy groups -OCH3 is 1. The molecule has 1 fully saturated rings. The summed E-state index contributed by atoms with van der Waals surface area (Å²) < 4.78 is 5.22. The molecule has 0 radical (unpaired) electrons. The minimum Gasteiger partial charge on any atom is -0.497 e. The van der Waals surface area contributed by atoms with Crippen LogP contribution in [-0.4, -0.2) is 19.6 Å². The first-order chi connectivity index (χ1) is 10.7. The Morgan fingerprint density at radius 2 is 1.91 bits per heavy atom. The van der Waals surface area contributed by atoms with Gasteiger partial charge in [-0.3, -0.25) is 4.79 Å². The van der Waals surface area contributed by atoms with Gasteiger partial charge in [-0.25, -0.2) is 0 Å². The zero-order valence-electron chi connectivity index (χ0n) is 12.8. The molecule has 0 spiro atoms. The van der Waals surface area contributed by atoms with Crippen molar-refractivity contribution in [3.63, 3.8) is 0 Å². The second kappa shape index (κ2) is 6.22. The lowest BCUT2D eigenvalue weighted by atomic mass is 9.95. The summed E-state index contributed by atoms with van der Waals surface area (Å²) in [4.78, 5) is 12.5. The van der Waals surface area contributed by atoms with Crippen molar-refractivity contribution in [2.24, 2.45) is 0 Å². The molecule has 2 aromatic rings. The fraction of sp³-hybridized carbons (Fsp3) is 0.316. The Hall–Kier alpha value is -2.29. The van der Waals surface area contributed by atoms with Crippen LogP contribution in [0.5, 0.6) is 5.75 Å². The van der Waals surface area contributed by atoms with Crippen molar-refractivity contribution in [2.75, 3.05) is 13.7 Å². The van der Waals surface area contributed by atoms with Crippen molar-refractivity contribution in [3.8, 4) is 5.75 Å². The third-order valence-corrected chi connectivity index (χ3v) is 4.34. The number of nitrogens with one attached hydrogen (secondary N) is 1. The van der Waals surface area contributed by atoms with Gasteiger partial charge in [0.05, 0.1) is 12.5 Å². The standard InChI is InChI=1S/C19H21NO2/c1-22-17-9-5-6-15(14-17)10-13-20-18(21)19(11-12-19)16-7-3-2-4-8-16/h2-9,14H,10-13H2,1H3,(H,20,21). The Bertz CT molecular complexity index is 647. The van der Waals surface area contributed by atoms with Crippen LogP contribution in [0, 0.1) is 0 Å². The third kappa shape index (κ3) is 2.98. The lowest BCUT2D eigenvalue weighted by Gasteiger charge is -2.15. The predicted octanol–water partition coefficient (Wildman–Crippen LogP) is 3.09. The number of amides is 1. The minimum atomic E-state index is -0.282. The molecule has 0 atom stereocenters. The molecule has 3 nitrogen and oxygen atoms in total. The van der Waals surface area contributed by atoms with E-state index in [0.717, 1.165) is 30.6 Å². The molecular weight excluding hydrogens is 274 g/mol. The van der Waals surface area contributed by atoms with E-state index in [-0.39, 0.29) is 11.3 Å². The molecule has 3 heteroatoms. The highest BCUT2D eigenvalue weighted by Gasteiger charge is 2.50. The third-order valence-electron chi connectivity index (χ3n) is 4.34. The number of benzene rings is 2. The van der Waals surface area contributed by atoms with Crippen LogP contribution in [0.4, 0.5) is 0 Å². The largest absolute Gasteiger partial charge is 0.497 e. The summed E-state index contributed by atoms with van der Waals surface area (Å²) in [6.45, 7) is 0.653. The molecule has 0 bridgehead atoms. The normalized spacial score (nSPS) is 15.1. The Labute approximate surface area is 131 Å². The second-order valence-corrected chi connectivity index (χ2v) is 5.81. The molecule has 22 heavy (non-hydrogen) atoms. The average molecular weight is 295 g/mol. The van der Waals surface area contributed by atoms with Gasteiger partial charge in [-0.1, -0.05) is 42.5 Å². The second-order valence-electron chi connectivity index (χ2n) is 5.81. The maximum atomic E-state index is 12.5. The van der Waals surface area contributed by atoms with Crippen molar-refractivity contribution in [1.82, 2.24) is 5.32 Å². The van der Waals surface area contributed by atoms with Crippen LogP contribution < -0.4 is 10.1 Å². The lowest BCUT2D eigenvalue weighted by molar-refractivity contribution is -0.123. The molecule has 0 heterocycles. The zero-order valence-corrected chi connectivity index (χ0v) is 12.8. The van der Waals surface area contributed by atoms with E-state index in [2.05, 4.69) is 23.5 Å². The number of rotatable bonds is 6. The van der Waals surface area contributed by atoms with Crippen LogP contribution in [0.25, 0.3) is 0 Å². The maximum absolute atomic E-state index is 12.5. The molecule has 0 unspecified atom stereocenters. The molecule has 0 saturated heterocycles. The number of carbonyl (C=O) groups is 1. The van der Waals surface area contributed by atoms with E-state index < -0.39 is 0 Å². The van der Waals surface area contributed by atoms with Crippen LogP contribution in [0.3, 0.4) is 0 Å². The van der Waals surface area contributed by atoms with Crippen LogP contribution in [0.15, 0.2) is 54.6 Å². The Kier molecular flexibility index (Phi) is 4.14. The number of ether oxygens (including phenoxy) is 1. The van der Waals surface area contributed by atoms with E-state index in [0.29, 0.717) is 6.54 Å². The first-order valence-electron chi connectivity index (χ1n) is 7.71. The molecule has 1 saturated carbocycles. The smallest absolute Gasteiger partial charge is 0.230 e. The minimum absolute atomic E-state index is 0.154. The molecule has 114 valence electrons. The highest BCUT2D eigenvalue weighted by atomic mass is 16.5. The number of hydrogen-bond donors (Lipinski definition) is 1. The van der Waals surface area contributed by atoms with Gasteiger partial charge in [-0.05, 0) is 42.5 Å². The van der Waals surface area contributed by atoms with Gasteiger partial charge in [0, 0.05) is 6.54 Å². The Morgan fingerprint density at radius 3 is 2.59 bits per heavy atom. The molecule has 1 N–H and O–H groups in total. The zero-order chi connectivity index (χ0) is 15.4. The lowest BCUT2D eigenvalue weighted by Crippen LogP contribution is -2.35.